The minimum atomic E-state index is -0.486. The second-order valence-electron chi connectivity index (χ2n) is 6.71. The topological polar surface area (TPSA) is 32.3 Å². The molecular weight excluding hydrogens is 254 g/mol. The third-order valence-corrected chi connectivity index (χ3v) is 5.58. The van der Waals surface area contributed by atoms with Crippen LogP contribution < -0.4 is 5.32 Å². The number of hydrogen-bond donors (Lipinski definition) is 2. The average molecular weight is 281 g/mol. The van der Waals surface area contributed by atoms with Crippen LogP contribution in [-0.2, 0) is 13.0 Å². The Morgan fingerprint density at radius 3 is 2.37 bits per heavy atom. The predicted molar refractivity (Wildman–Crippen MR) is 82.6 cm³/mol. The lowest BCUT2D eigenvalue weighted by atomic mass is 9.71. The van der Waals surface area contributed by atoms with Gasteiger partial charge in [-0.15, -0.1) is 11.3 Å². The van der Waals surface area contributed by atoms with Gasteiger partial charge in [0.05, 0.1) is 5.60 Å². The van der Waals surface area contributed by atoms with E-state index < -0.39 is 5.60 Å². The first-order chi connectivity index (χ1) is 8.92. The van der Waals surface area contributed by atoms with Gasteiger partial charge in [0.25, 0.3) is 0 Å². The van der Waals surface area contributed by atoms with Crippen molar-refractivity contribution in [2.75, 3.05) is 6.54 Å². The highest BCUT2D eigenvalue weighted by molar-refractivity contribution is 7.11. The van der Waals surface area contributed by atoms with Gasteiger partial charge in [-0.05, 0) is 49.7 Å². The fourth-order valence-corrected chi connectivity index (χ4v) is 3.62. The normalized spacial score (nSPS) is 21.5. The van der Waals surface area contributed by atoms with Crippen LogP contribution in [0.3, 0.4) is 0 Å². The molecule has 0 aromatic carbocycles. The molecule has 1 saturated carbocycles. The van der Waals surface area contributed by atoms with E-state index in [1.807, 2.05) is 11.3 Å². The zero-order valence-electron chi connectivity index (χ0n) is 12.5. The van der Waals surface area contributed by atoms with Crippen LogP contribution >= 0.6 is 11.3 Å². The third kappa shape index (κ3) is 4.30. The molecule has 0 spiro atoms. The van der Waals surface area contributed by atoms with Crippen molar-refractivity contribution in [3.05, 3.63) is 21.9 Å². The highest BCUT2D eigenvalue weighted by atomic mass is 32.1. The Morgan fingerprint density at radius 2 is 1.79 bits per heavy atom. The Bertz CT molecular complexity index is 401. The van der Waals surface area contributed by atoms with Crippen molar-refractivity contribution in [3.8, 4) is 0 Å². The lowest BCUT2D eigenvalue weighted by Gasteiger charge is -2.40. The maximum atomic E-state index is 10.6. The van der Waals surface area contributed by atoms with Crippen LogP contribution in [0, 0.1) is 5.41 Å². The molecule has 0 atom stereocenters. The molecule has 19 heavy (non-hydrogen) atoms. The summed E-state index contributed by atoms with van der Waals surface area (Å²) < 4.78 is 0. The first-order valence-electron chi connectivity index (χ1n) is 7.43. The van der Waals surface area contributed by atoms with E-state index in [1.165, 1.54) is 9.75 Å². The minimum Gasteiger partial charge on any atom is -0.389 e. The number of hydrogen-bond acceptors (Lipinski definition) is 3. The number of aryl methyl sites for hydroxylation is 1. The molecule has 2 N–H and O–H groups in total. The van der Waals surface area contributed by atoms with Crippen LogP contribution in [0.5, 0.6) is 0 Å². The maximum Gasteiger partial charge on any atom is 0.0772 e. The van der Waals surface area contributed by atoms with Crippen LogP contribution in [0.25, 0.3) is 0 Å². The zero-order valence-corrected chi connectivity index (χ0v) is 13.3. The van der Waals surface area contributed by atoms with Gasteiger partial charge in [-0.2, -0.15) is 0 Å². The van der Waals surface area contributed by atoms with E-state index in [2.05, 4.69) is 38.2 Å². The molecule has 1 fully saturated rings. The van der Waals surface area contributed by atoms with E-state index in [9.17, 15) is 5.11 Å². The van der Waals surface area contributed by atoms with Crippen LogP contribution in [0.15, 0.2) is 12.1 Å². The molecule has 0 radical (unpaired) electrons. The molecule has 3 heteroatoms. The van der Waals surface area contributed by atoms with Crippen LogP contribution in [0.4, 0.5) is 0 Å². The monoisotopic (exact) mass is 281 g/mol. The molecule has 1 aromatic heterocycles. The van der Waals surface area contributed by atoms with E-state index in [-0.39, 0.29) is 0 Å². The van der Waals surface area contributed by atoms with Crippen molar-refractivity contribution >= 4 is 11.3 Å². The quantitative estimate of drug-likeness (QED) is 0.862. The molecule has 1 aromatic rings. The van der Waals surface area contributed by atoms with Gasteiger partial charge in [0.1, 0.15) is 0 Å². The molecule has 0 amide bonds. The lowest BCUT2D eigenvalue weighted by Crippen LogP contribution is -2.44. The van der Waals surface area contributed by atoms with Gasteiger partial charge < -0.3 is 10.4 Å². The standard InChI is InChI=1S/C16H27NOS/c1-4-13-5-6-14(19-13)11-17-12-16(18)9-7-15(2,3)8-10-16/h5-6,17-18H,4,7-12H2,1-3H3. The Morgan fingerprint density at radius 1 is 1.16 bits per heavy atom. The number of nitrogens with one attached hydrogen (secondary N) is 1. The minimum absolute atomic E-state index is 0.413. The van der Waals surface area contributed by atoms with Crippen molar-refractivity contribution in [1.29, 1.82) is 0 Å². The summed E-state index contributed by atoms with van der Waals surface area (Å²) in [4.78, 5) is 2.81. The van der Waals surface area contributed by atoms with Crippen molar-refractivity contribution < 1.29 is 5.11 Å². The van der Waals surface area contributed by atoms with Crippen molar-refractivity contribution in [3.63, 3.8) is 0 Å². The van der Waals surface area contributed by atoms with Gasteiger partial charge in [-0.1, -0.05) is 20.8 Å². The first-order valence-corrected chi connectivity index (χ1v) is 8.25. The third-order valence-electron chi connectivity index (χ3n) is 4.35. The molecular formula is C16H27NOS. The van der Waals surface area contributed by atoms with Gasteiger partial charge >= 0.3 is 0 Å². The molecule has 0 unspecified atom stereocenters. The summed E-state index contributed by atoms with van der Waals surface area (Å²) in [6.45, 7) is 8.41. The molecule has 108 valence electrons. The highest BCUT2D eigenvalue weighted by Gasteiger charge is 2.36. The van der Waals surface area contributed by atoms with Gasteiger partial charge in [0.15, 0.2) is 0 Å². The van der Waals surface area contributed by atoms with E-state index in [1.54, 1.807) is 0 Å². The Labute approximate surface area is 121 Å². The second kappa shape index (κ2) is 5.94. The van der Waals surface area contributed by atoms with E-state index in [0.717, 1.165) is 45.2 Å². The number of aliphatic hydroxyl groups is 1. The van der Waals surface area contributed by atoms with Crippen LogP contribution in [0.2, 0.25) is 0 Å². The molecule has 0 bridgehead atoms. The smallest absolute Gasteiger partial charge is 0.0772 e. The number of thiophene rings is 1. The number of rotatable bonds is 5. The summed E-state index contributed by atoms with van der Waals surface area (Å²) in [6.07, 6.45) is 5.23. The molecule has 1 aliphatic rings. The van der Waals surface area contributed by atoms with Gasteiger partial charge in [-0.3, -0.25) is 0 Å². The summed E-state index contributed by atoms with van der Waals surface area (Å²) in [6, 6.07) is 4.41. The first kappa shape index (κ1) is 15.0. The van der Waals surface area contributed by atoms with E-state index in [0.29, 0.717) is 5.41 Å². The largest absolute Gasteiger partial charge is 0.389 e. The van der Waals surface area contributed by atoms with Crippen molar-refractivity contribution in [1.82, 2.24) is 5.32 Å². The Hall–Kier alpha value is -0.380. The van der Waals surface area contributed by atoms with Crippen molar-refractivity contribution in [2.24, 2.45) is 5.41 Å². The summed E-state index contributed by atoms with van der Waals surface area (Å²) in [5.41, 5.74) is -0.0730. The predicted octanol–water partition coefficient (Wildman–Crippen LogP) is 3.73. The van der Waals surface area contributed by atoms with Crippen molar-refractivity contribution in [2.45, 2.75) is 65.0 Å². The van der Waals surface area contributed by atoms with Gasteiger partial charge in [-0.25, -0.2) is 0 Å². The molecule has 2 nitrogen and oxygen atoms in total. The fourth-order valence-electron chi connectivity index (χ4n) is 2.69. The second-order valence-corrected chi connectivity index (χ2v) is 7.97. The summed E-state index contributed by atoms with van der Waals surface area (Å²) >= 11 is 1.87. The summed E-state index contributed by atoms with van der Waals surface area (Å²) in [5.74, 6) is 0. The van der Waals surface area contributed by atoms with Gasteiger partial charge in [0.2, 0.25) is 0 Å². The summed E-state index contributed by atoms with van der Waals surface area (Å²) in [7, 11) is 0. The van der Waals surface area contributed by atoms with E-state index in [4.69, 9.17) is 0 Å². The lowest BCUT2D eigenvalue weighted by molar-refractivity contribution is -0.0244. The zero-order chi connectivity index (χ0) is 13.9. The molecule has 1 heterocycles. The Kier molecular flexibility index (Phi) is 4.70. The average Bonchev–Trinajstić information content (AvgIpc) is 2.82. The highest BCUT2D eigenvalue weighted by Crippen LogP contribution is 2.39. The maximum absolute atomic E-state index is 10.6. The molecule has 0 saturated heterocycles. The van der Waals surface area contributed by atoms with Gasteiger partial charge in [0, 0.05) is 22.8 Å². The Balaban J connectivity index is 1.76. The molecule has 0 aliphatic heterocycles. The van der Waals surface area contributed by atoms with Crippen LogP contribution in [0.1, 0.15) is 56.2 Å². The van der Waals surface area contributed by atoms with E-state index >= 15 is 0 Å². The molecule has 1 aliphatic carbocycles. The SMILES string of the molecule is CCc1ccc(CNCC2(O)CCC(C)(C)CC2)s1. The fraction of sp³-hybridized carbons (Fsp3) is 0.750. The molecule has 2 rings (SSSR count). The van der Waals surface area contributed by atoms with Crippen LogP contribution in [-0.4, -0.2) is 17.3 Å². The summed E-state index contributed by atoms with van der Waals surface area (Å²) in [5, 5.41) is 14.0.